The molecule has 0 aliphatic rings. The van der Waals surface area contributed by atoms with E-state index in [0.717, 1.165) is 30.0 Å². The molecule has 0 amide bonds. The minimum absolute atomic E-state index is 0.587. The number of aryl methyl sites for hydroxylation is 1. The van der Waals surface area contributed by atoms with Crippen LogP contribution in [-0.4, -0.2) is 19.8 Å². The van der Waals surface area contributed by atoms with E-state index in [9.17, 15) is 0 Å². The van der Waals surface area contributed by atoms with E-state index in [1.165, 1.54) is 0 Å². The lowest BCUT2D eigenvalue weighted by Crippen LogP contribution is -2.07. The highest BCUT2D eigenvalue weighted by atomic mass is 16.5. The normalized spacial score (nSPS) is 10.3. The lowest BCUT2D eigenvalue weighted by Gasteiger charge is -2.08. The van der Waals surface area contributed by atoms with Gasteiger partial charge in [-0.1, -0.05) is 6.92 Å². The van der Waals surface area contributed by atoms with Gasteiger partial charge in [0.2, 0.25) is 0 Å². The maximum atomic E-state index is 5.70. The molecule has 1 aromatic carbocycles. The summed E-state index contributed by atoms with van der Waals surface area (Å²) in [6.07, 6.45) is 1.04. The van der Waals surface area contributed by atoms with Crippen molar-refractivity contribution in [2.45, 2.75) is 20.3 Å². The maximum Gasteiger partial charge on any atom is 0.119 e. The van der Waals surface area contributed by atoms with Crippen LogP contribution >= 0.6 is 0 Å². The van der Waals surface area contributed by atoms with Gasteiger partial charge in [0, 0.05) is 12.3 Å². The Kier molecular flexibility index (Phi) is 4.98. The van der Waals surface area contributed by atoms with Crippen LogP contribution in [0.4, 0.5) is 5.69 Å². The Bertz CT molecular complexity index is 300. The fourth-order valence-corrected chi connectivity index (χ4v) is 1.20. The second-order valence-corrected chi connectivity index (χ2v) is 3.48. The van der Waals surface area contributed by atoms with Gasteiger partial charge in [-0.25, -0.2) is 0 Å². The van der Waals surface area contributed by atoms with Gasteiger partial charge in [-0.3, -0.25) is 0 Å². The largest absolute Gasteiger partial charge is 0.491 e. The van der Waals surface area contributed by atoms with Crippen LogP contribution in [-0.2, 0) is 4.74 Å². The van der Waals surface area contributed by atoms with Gasteiger partial charge in [0.15, 0.2) is 0 Å². The zero-order valence-electron chi connectivity index (χ0n) is 9.45. The average molecular weight is 209 g/mol. The average Bonchev–Trinajstić information content (AvgIpc) is 2.23. The summed E-state index contributed by atoms with van der Waals surface area (Å²) in [6.45, 7) is 6.07. The molecule has 15 heavy (non-hydrogen) atoms. The molecule has 1 aromatic rings. The molecule has 3 heteroatoms. The second kappa shape index (κ2) is 6.30. The van der Waals surface area contributed by atoms with E-state index in [1.54, 1.807) is 0 Å². The van der Waals surface area contributed by atoms with Crippen molar-refractivity contribution in [3.63, 3.8) is 0 Å². The lowest BCUT2D eigenvalue weighted by molar-refractivity contribution is 0.101. The minimum Gasteiger partial charge on any atom is -0.491 e. The number of nitrogen functional groups attached to an aromatic ring is 1. The molecule has 1 rings (SSSR count). The molecular formula is C12H19NO2. The highest BCUT2D eigenvalue weighted by Gasteiger charge is 1.97. The molecule has 0 saturated heterocycles. The summed E-state index contributed by atoms with van der Waals surface area (Å²) in [6, 6.07) is 5.68. The maximum absolute atomic E-state index is 5.70. The molecular weight excluding hydrogens is 190 g/mol. The van der Waals surface area contributed by atoms with Crippen molar-refractivity contribution >= 4 is 5.69 Å². The zero-order chi connectivity index (χ0) is 11.1. The van der Waals surface area contributed by atoms with Crippen molar-refractivity contribution in [3.05, 3.63) is 23.8 Å². The zero-order valence-corrected chi connectivity index (χ0v) is 9.45. The summed E-state index contributed by atoms with van der Waals surface area (Å²) >= 11 is 0. The molecule has 2 N–H and O–H groups in total. The van der Waals surface area contributed by atoms with E-state index in [0.29, 0.717) is 13.2 Å². The molecule has 0 aliphatic heterocycles. The number of rotatable bonds is 6. The fourth-order valence-electron chi connectivity index (χ4n) is 1.20. The molecule has 0 bridgehead atoms. The molecule has 0 saturated carbocycles. The topological polar surface area (TPSA) is 44.5 Å². The van der Waals surface area contributed by atoms with E-state index in [4.69, 9.17) is 15.2 Å². The number of anilines is 1. The Morgan fingerprint density at radius 2 is 2.00 bits per heavy atom. The summed E-state index contributed by atoms with van der Waals surface area (Å²) < 4.78 is 10.8. The molecule has 84 valence electrons. The van der Waals surface area contributed by atoms with E-state index in [-0.39, 0.29) is 0 Å². The first-order valence-electron chi connectivity index (χ1n) is 5.30. The van der Waals surface area contributed by atoms with Crippen LogP contribution in [0.1, 0.15) is 18.9 Å². The number of hydrogen-bond acceptors (Lipinski definition) is 3. The van der Waals surface area contributed by atoms with Crippen molar-refractivity contribution in [3.8, 4) is 5.75 Å². The molecule has 0 fully saturated rings. The van der Waals surface area contributed by atoms with Gasteiger partial charge in [0.1, 0.15) is 12.4 Å². The molecule has 0 heterocycles. The third-order valence-electron chi connectivity index (χ3n) is 2.09. The van der Waals surface area contributed by atoms with Gasteiger partial charge < -0.3 is 15.2 Å². The number of nitrogens with two attached hydrogens (primary N) is 1. The van der Waals surface area contributed by atoms with Crippen molar-refractivity contribution in [1.29, 1.82) is 0 Å². The third kappa shape index (κ3) is 4.21. The smallest absolute Gasteiger partial charge is 0.119 e. The quantitative estimate of drug-likeness (QED) is 0.578. The Hall–Kier alpha value is -1.22. The Labute approximate surface area is 91.2 Å². The van der Waals surface area contributed by atoms with Crippen LogP contribution in [0, 0.1) is 6.92 Å². The second-order valence-electron chi connectivity index (χ2n) is 3.48. The summed E-state index contributed by atoms with van der Waals surface area (Å²) in [4.78, 5) is 0. The Morgan fingerprint density at radius 1 is 1.20 bits per heavy atom. The summed E-state index contributed by atoms with van der Waals surface area (Å²) in [7, 11) is 0. The lowest BCUT2D eigenvalue weighted by atomic mass is 10.2. The van der Waals surface area contributed by atoms with E-state index >= 15 is 0 Å². The molecule has 3 nitrogen and oxygen atoms in total. The van der Waals surface area contributed by atoms with Crippen molar-refractivity contribution in [2.75, 3.05) is 25.6 Å². The van der Waals surface area contributed by atoms with Gasteiger partial charge in [-0.2, -0.15) is 0 Å². The number of benzene rings is 1. The van der Waals surface area contributed by atoms with Crippen LogP contribution in [0.3, 0.4) is 0 Å². The van der Waals surface area contributed by atoms with Crippen molar-refractivity contribution in [1.82, 2.24) is 0 Å². The van der Waals surface area contributed by atoms with Crippen LogP contribution in [0.2, 0.25) is 0 Å². The summed E-state index contributed by atoms with van der Waals surface area (Å²) in [5, 5.41) is 0. The summed E-state index contributed by atoms with van der Waals surface area (Å²) in [5.41, 5.74) is 7.54. The fraction of sp³-hybridized carbons (Fsp3) is 0.500. The first-order valence-corrected chi connectivity index (χ1v) is 5.30. The molecule has 0 spiro atoms. The minimum atomic E-state index is 0.587. The van der Waals surface area contributed by atoms with Crippen LogP contribution in [0.15, 0.2) is 18.2 Å². The first kappa shape index (κ1) is 11.9. The SMILES string of the molecule is CCCOCCOc1ccc(N)c(C)c1. The predicted octanol–water partition coefficient (Wildman–Crippen LogP) is 2.38. The monoisotopic (exact) mass is 209 g/mol. The first-order chi connectivity index (χ1) is 7.24. The number of ether oxygens (including phenoxy) is 2. The molecule has 0 aliphatic carbocycles. The highest BCUT2D eigenvalue weighted by molar-refractivity contribution is 5.49. The molecule has 0 radical (unpaired) electrons. The highest BCUT2D eigenvalue weighted by Crippen LogP contribution is 2.18. The summed E-state index contributed by atoms with van der Waals surface area (Å²) in [5.74, 6) is 0.849. The van der Waals surface area contributed by atoms with Gasteiger partial charge in [0.25, 0.3) is 0 Å². The Balaban J connectivity index is 2.28. The van der Waals surface area contributed by atoms with E-state index in [1.807, 2.05) is 25.1 Å². The molecule has 0 atom stereocenters. The van der Waals surface area contributed by atoms with Crippen LogP contribution < -0.4 is 10.5 Å². The van der Waals surface area contributed by atoms with E-state index < -0.39 is 0 Å². The van der Waals surface area contributed by atoms with E-state index in [2.05, 4.69) is 6.92 Å². The number of hydrogen-bond donors (Lipinski definition) is 1. The standard InChI is InChI=1S/C12H19NO2/c1-3-6-14-7-8-15-11-4-5-12(13)10(2)9-11/h4-5,9H,3,6-8,13H2,1-2H3. The van der Waals surface area contributed by atoms with Crippen LogP contribution in [0.25, 0.3) is 0 Å². The molecule has 0 unspecified atom stereocenters. The van der Waals surface area contributed by atoms with Crippen LogP contribution in [0.5, 0.6) is 5.75 Å². The van der Waals surface area contributed by atoms with Crippen molar-refractivity contribution in [2.24, 2.45) is 0 Å². The van der Waals surface area contributed by atoms with Gasteiger partial charge in [-0.05, 0) is 37.1 Å². The van der Waals surface area contributed by atoms with Gasteiger partial charge in [0.05, 0.1) is 6.61 Å². The Morgan fingerprint density at radius 3 is 2.67 bits per heavy atom. The third-order valence-corrected chi connectivity index (χ3v) is 2.09. The predicted molar refractivity (Wildman–Crippen MR) is 62.2 cm³/mol. The van der Waals surface area contributed by atoms with Gasteiger partial charge >= 0.3 is 0 Å². The van der Waals surface area contributed by atoms with Crippen molar-refractivity contribution < 1.29 is 9.47 Å². The van der Waals surface area contributed by atoms with Gasteiger partial charge in [-0.15, -0.1) is 0 Å². The molecule has 0 aromatic heterocycles.